The highest BCUT2D eigenvalue weighted by Gasteiger charge is 2.44. The Balaban J connectivity index is 1.84. The van der Waals surface area contributed by atoms with Crippen molar-refractivity contribution in [2.75, 3.05) is 19.3 Å². The van der Waals surface area contributed by atoms with Crippen molar-refractivity contribution in [2.45, 2.75) is 12.5 Å². The first kappa shape index (κ1) is 6.95. The Bertz CT molecular complexity index is 127. The summed E-state index contributed by atoms with van der Waals surface area (Å²) < 4.78 is 3.43. The van der Waals surface area contributed by atoms with Crippen LogP contribution >= 0.6 is 11.9 Å². The first-order chi connectivity index (χ1) is 4.92. The predicted octanol–water partition coefficient (Wildman–Crippen LogP) is 0.462. The van der Waals surface area contributed by atoms with Gasteiger partial charge in [-0.3, -0.25) is 4.72 Å². The van der Waals surface area contributed by atoms with Gasteiger partial charge in [0, 0.05) is 12.6 Å². The first-order valence-corrected chi connectivity index (χ1v) is 5.13. The minimum atomic E-state index is 0.744. The van der Waals surface area contributed by atoms with E-state index in [4.69, 9.17) is 0 Å². The molecule has 0 bridgehead atoms. The molecule has 1 heterocycles. The van der Waals surface area contributed by atoms with Gasteiger partial charge in [-0.15, -0.1) is 0 Å². The van der Waals surface area contributed by atoms with Crippen molar-refractivity contribution in [1.82, 2.24) is 10.0 Å². The van der Waals surface area contributed by atoms with Gasteiger partial charge in [0.25, 0.3) is 0 Å². The van der Waals surface area contributed by atoms with Crippen molar-refractivity contribution in [2.24, 2.45) is 11.8 Å². The lowest BCUT2D eigenvalue weighted by molar-refractivity contribution is 0.419. The van der Waals surface area contributed by atoms with Crippen LogP contribution in [0.1, 0.15) is 6.42 Å². The second-order valence-corrected chi connectivity index (χ2v) is 3.89. The molecule has 0 spiro atoms. The lowest BCUT2D eigenvalue weighted by Gasteiger charge is -2.22. The quantitative estimate of drug-likeness (QED) is 0.571. The zero-order valence-corrected chi connectivity index (χ0v) is 7.08. The molecule has 2 aliphatic rings. The molecule has 2 fully saturated rings. The normalized spacial score (nSPS) is 44.7. The molecule has 58 valence electrons. The Morgan fingerprint density at radius 1 is 1.50 bits per heavy atom. The molecule has 10 heavy (non-hydrogen) atoms. The Kier molecular flexibility index (Phi) is 1.89. The first-order valence-electron chi connectivity index (χ1n) is 3.91. The second kappa shape index (κ2) is 2.72. The molecule has 2 nitrogen and oxygen atoms in total. The third-order valence-corrected chi connectivity index (χ3v) is 3.07. The fourth-order valence-electron chi connectivity index (χ4n) is 1.85. The van der Waals surface area contributed by atoms with Gasteiger partial charge in [-0.2, -0.15) is 0 Å². The molecule has 0 aromatic heterocycles. The van der Waals surface area contributed by atoms with Gasteiger partial charge >= 0.3 is 0 Å². The molecule has 0 aromatic carbocycles. The van der Waals surface area contributed by atoms with E-state index in [1.807, 2.05) is 0 Å². The topological polar surface area (TPSA) is 24.1 Å². The average molecular weight is 158 g/mol. The van der Waals surface area contributed by atoms with E-state index < -0.39 is 0 Å². The Morgan fingerprint density at radius 2 is 2.40 bits per heavy atom. The van der Waals surface area contributed by atoms with E-state index in [0.717, 1.165) is 17.9 Å². The summed E-state index contributed by atoms with van der Waals surface area (Å²) in [6.45, 7) is 2.43. The molecule has 3 heteroatoms. The predicted molar refractivity (Wildman–Crippen MR) is 44.9 cm³/mol. The summed E-state index contributed by atoms with van der Waals surface area (Å²) in [6, 6.07) is 0.744. The van der Waals surface area contributed by atoms with Crippen LogP contribution in [0.25, 0.3) is 0 Å². The summed E-state index contributed by atoms with van der Waals surface area (Å²) in [5.74, 6) is 1.99. The van der Waals surface area contributed by atoms with E-state index >= 15 is 0 Å². The number of fused-ring (bicyclic) bond motifs is 1. The van der Waals surface area contributed by atoms with Crippen LogP contribution in [0, 0.1) is 11.8 Å². The molecule has 1 aliphatic carbocycles. The van der Waals surface area contributed by atoms with Crippen LogP contribution in [0.15, 0.2) is 0 Å². The van der Waals surface area contributed by atoms with Gasteiger partial charge in [-0.25, -0.2) is 0 Å². The van der Waals surface area contributed by atoms with Crippen molar-refractivity contribution < 1.29 is 0 Å². The maximum atomic E-state index is 3.44. The fraction of sp³-hybridized carbons (Fsp3) is 1.00. The number of piperidine rings is 1. The highest BCUT2D eigenvalue weighted by molar-refractivity contribution is 7.96. The minimum Gasteiger partial charge on any atom is -0.315 e. The standard InChI is InChI=1S/C7H14N2S/c1-10-9-7-4-8-3-5-2-6(5)7/h5-9H,2-4H2,1H3/t5-,6-,7+/m0/s1. The molecule has 0 unspecified atom stereocenters. The number of nitrogens with one attached hydrogen (secondary N) is 2. The molecular weight excluding hydrogens is 144 g/mol. The maximum Gasteiger partial charge on any atom is 0.0328 e. The zero-order chi connectivity index (χ0) is 6.97. The number of rotatable bonds is 2. The largest absolute Gasteiger partial charge is 0.315 e. The Morgan fingerprint density at radius 3 is 3.20 bits per heavy atom. The highest BCUT2D eigenvalue weighted by Crippen LogP contribution is 2.42. The van der Waals surface area contributed by atoms with E-state index in [2.05, 4.69) is 16.3 Å². The van der Waals surface area contributed by atoms with E-state index in [0.29, 0.717) is 0 Å². The number of hydrogen-bond donors (Lipinski definition) is 2. The minimum absolute atomic E-state index is 0.744. The van der Waals surface area contributed by atoms with Crippen LogP contribution in [0.4, 0.5) is 0 Å². The van der Waals surface area contributed by atoms with Crippen molar-refractivity contribution >= 4 is 11.9 Å². The van der Waals surface area contributed by atoms with Gasteiger partial charge in [0.15, 0.2) is 0 Å². The van der Waals surface area contributed by atoms with Gasteiger partial charge < -0.3 is 5.32 Å². The summed E-state index contributed by atoms with van der Waals surface area (Å²) in [4.78, 5) is 0. The lowest BCUT2D eigenvalue weighted by Crippen LogP contribution is -2.42. The van der Waals surface area contributed by atoms with Crippen molar-refractivity contribution in [3.63, 3.8) is 0 Å². The van der Waals surface area contributed by atoms with E-state index in [-0.39, 0.29) is 0 Å². The molecule has 0 amide bonds. The third kappa shape index (κ3) is 1.18. The van der Waals surface area contributed by atoms with Crippen LogP contribution in [0.5, 0.6) is 0 Å². The van der Waals surface area contributed by atoms with Crippen LogP contribution in [0.2, 0.25) is 0 Å². The average Bonchev–Trinajstić information content (AvgIpc) is 2.67. The fourth-order valence-corrected chi connectivity index (χ4v) is 2.42. The molecule has 1 saturated carbocycles. The Hall–Kier alpha value is 0.270. The van der Waals surface area contributed by atoms with Gasteiger partial charge in [0.1, 0.15) is 0 Å². The monoisotopic (exact) mass is 158 g/mol. The van der Waals surface area contributed by atoms with Crippen molar-refractivity contribution in [1.29, 1.82) is 0 Å². The van der Waals surface area contributed by atoms with Gasteiger partial charge in [-0.1, -0.05) is 11.9 Å². The van der Waals surface area contributed by atoms with Gasteiger partial charge in [-0.05, 0) is 31.1 Å². The molecular formula is C7H14N2S. The summed E-state index contributed by atoms with van der Waals surface area (Å²) in [5.41, 5.74) is 0. The molecule has 0 aromatic rings. The van der Waals surface area contributed by atoms with Crippen LogP contribution < -0.4 is 10.0 Å². The van der Waals surface area contributed by atoms with Crippen LogP contribution in [-0.2, 0) is 0 Å². The zero-order valence-electron chi connectivity index (χ0n) is 6.26. The maximum absolute atomic E-state index is 3.44. The molecule has 0 radical (unpaired) electrons. The highest BCUT2D eigenvalue weighted by atomic mass is 32.2. The molecule has 2 N–H and O–H groups in total. The molecule has 3 atom stereocenters. The van der Waals surface area contributed by atoms with Gasteiger partial charge in [0.2, 0.25) is 0 Å². The van der Waals surface area contributed by atoms with E-state index in [9.17, 15) is 0 Å². The van der Waals surface area contributed by atoms with E-state index in [1.165, 1.54) is 19.5 Å². The van der Waals surface area contributed by atoms with Crippen LogP contribution in [0.3, 0.4) is 0 Å². The summed E-state index contributed by atoms with van der Waals surface area (Å²) in [7, 11) is 0. The lowest BCUT2D eigenvalue weighted by atomic mass is 10.1. The second-order valence-electron chi connectivity index (χ2n) is 3.25. The van der Waals surface area contributed by atoms with Crippen molar-refractivity contribution in [3.8, 4) is 0 Å². The summed E-state index contributed by atoms with van der Waals surface area (Å²) >= 11 is 1.75. The summed E-state index contributed by atoms with van der Waals surface area (Å²) in [6.07, 6.45) is 3.55. The molecule has 1 saturated heterocycles. The van der Waals surface area contributed by atoms with Crippen LogP contribution in [-0.4, -0.2) is 25.4 Å². The smallest absolute Gasteiger partial charge is 0.0328 e. The van der Waals surface area contributed by atoms with Crippen molar-refractivity contribution in [3.05, 3.63) is 0 Å². The SMILES string of the molecule is CSN[C@@H]1CNC[C@@H]2C[C@@H]21. The third-order valence-electron chi connectivity index (χ3n) is 2.53. The molecule has 2 rings (SSSR count). The number of hydrogen-bond acceptors (Lipinski definition) is 3. The van der Waals surface area contributed by atoms with E-state index in [1.54, 1.807) is 11.9 Å². The Labute approximate surface area is 66.3 Å². The van der Waals surface area contributed by atoms with Gasteiger partial charge in [0.05, 0.1) is 0 Å². The summed E-state index contributed by atoms with van der Waals surface area (Å²) in [5, 5.41) is 3.44. The molecule has 1 aliphatic heterocycles.